The van der Waals surface area contributed by atoms with E-state index in [0.717, 1.165) is 12.4 Å². The molecular formula is C13H21NO. The lowest BCUT2D eigenvalue weighted by molar-refractivity contribution is 0.339. The average Bonchev–Trinajstić information content (AvgIpc) is 2.17. The molecule has 1 atom stereocenters. The van der Waals surface area contributed by atoms with Crippen LogP contribution in [0.15, 0.2) is 24.3 Å². The van der Waals surface area contributed by atoms with Crippen LogP contribution in [0.5, 0.6) is 5.75 Å². The van der Waals surface area contributed by atoms with Crippen molar-refractivity contribution in [2.75, 3.05) is 6.61 Å². The Bertz CT molecular complexity index is 296. The van der Waals surface area contributed by atoms with Crippen molar-refractivity contribution >= 4 is 0 Å². The average molecular weight is 207 g/mol. The second-order valence-electron chi connectivity index (χ2n) is 4.05. The maximum Gasteiger partial charge on any atom is 0.119 e. The summed E-state index contributed by atoms with van der Waals surface area (Å²) in [4.78, 5) is 0. The summed E-state index contributed by atoms with van der Waals surface area (Å²) in [6.07, 6.45) is 0. The Morgan fingerprint density at radius 1 is 1.27 bits per heavy atom. The minimum atomic E-state index is 0.366. The highest BCUT2D eigenvalue weighted by Gasteiger charge is 2.06. The summed E-state index contributed by atoms with van der Waals surface area (Å²) < 4.78 is 5.47. The molecule has 0 saturated heterocycles. The van der Waals surface area contributed by atoms with E-state index in [2.05, 4.69) is 38.2 Å². The molecule has 2 heteroatoms. The molecule has 0 fully saturated rings. The van der Waals surface area contributed by atoms with Crippen molar-refractivity contribution in [1.82, 2.24) is 5.32 Å². The zero-order valence-electron chi connectivity index (χ0n) is 10.1. The van der Waals surface area contributed by atoms with Gasteiger partial charge < -0.3 is 10.1 Å². The molecule has 0 amide bonds. The lowest BCUT2D eigenvalue weighted by Crippen LogP contribution is -2.25. The molecule has 0 aliphatic heterocycles. The number of benzene rings is 1. The summed E-state index contributed by atoms with van der Waals surface area (Å²) in [6.45, 7) is 9.20. The Morgan fingerprint density at radius 2 is 2.00 bits per heavy atom. The molecule has 0 aromatic heterocycles. The molecule has 1 aromatic rings. The molecule has 1 rings (SSSR count). The number of ether oxygens (including phenoxy) is 1. The fraction of sp³-hybridized carbons (Fsp3) is 0.538. The fourth-order valence-electron chi connectivity index (χ4n) is 1.64. The molecule has 2 nitrogen and oxygen atoms in total. The van der Waals surface area contributed by atoms with Crippen LogP contribution in [0.3, 0.4) is 0 Å². The Labute approximate surface area is 92.6 Å². The highest BCUT2D eigenvalue weighted by molar-refractivity contribution is 5.30. The molecule has 0 saturated carbocycles. The van der Waals surface area contributed by atoms with Crippen molar-refractivity contribution in [2.24, 2.45) is 0 Å². The van der Waals surface area contributed by atoms with Gasteiger partial charge in [-0.2, -0.15) is 0 Å². The molecule has 84 valence electrons. The molecular weight excluding hydrogens is 186 g/mol. The summed E-state index contributed by atoms with van der Waals surface area (Å²) in [5.41, 5.74) is 1.27. The van der Waals surface area contributed by atoms with Crippen molar-refractivity contribution in [1.29, 1.82) is 0 Å². The quantitative estimate of drug-likeness (QED) is 0.801. The highest BCUT2D eigenvalue weighted by Crippen LogP contribution is 2.19. The number of rotatable bonds is 5. The fourth-order valence-corrected chi connectivity index (χ4v) is 1.64. The van der Waals surface area contributed by atoms with E-state index in [0.29, 0.717) is 12.1 Å². The van der Waals surface area contributed by atoms with Crippen molar-refractivity contribution in [3.05, 3.63) is 29.8 Å². The Hall–Kier alpha value is -1.02. The molecule has 1 N–H and O–H groups in total. The Morgan fingerprint density at radius 3 is 2.60 bits per heavy atom. The predicted molar refractivity (Wildman–Crippen MR) is 64.3 cm³/mol. The van der Waals surface area contributed by atoms with Crippen LogP contribution in [0.25, 0.3) is 0 Å². The maximum atomic E-state index is 5.47. The topological polar surface area (TPSA) is 21.3 Å². The molecule has 0 spiro atoms. The summed E-state index contributed by atoms with van der Waals surface area (Å²) in [6, 6.07) is 9.13. The van der Waals surface area contributed by atoms with E-state index >= 15 is 0 Å². The zero-order chi connectivity index (χ0) is 11.3. The minimum Gasteiger partial charge on any atom is -0.494 e. The van der Waals surface area contributed by atoms with Crippen LogP contribution in [0, 0.1) is 0 Å². The first kappa shape index (κ1) is 12.1. The largest absolute Gasteiger partial charge is 0.494 e. The third-order valence-corrected chi connectivity index (χ3v) is 2.25. The molecule has 0 heterocycles. The molecule has 0 aliphatic rings. The Kier molecular flexibility index (Phi) is 4.63. The van der Waals surface area contributed by atoms with Gasteiger partial charge in [0.05, 0.1) is 6.61 Å². The lowest BCUT2D eigenvalue weighted by Gasteiger charge is -2.17. The molecule has 0 aliphatic carbocycles. The maximum absolute atomic E-state index is 5.47. The van der Waals surface area contributed by atoms with E-state index in [1.807, 2.05) is 19.1 Å². The molecule has 0 bridgehead atoms. The van der Waals surface area contributed by atoms with E-state index in [4.69, 9.17) is 4.74 Å². The molecule has 1 aromatic carbocycles. The molecule has 0 radical (unpaired) electrons. The number of hydrogen-bond acceptors (Lipinski definition) is 2. The first-order valence-corrected chi connectivity index (χ1v) is 5.62. The minimum absolute atomic E-state index is 0.366. The van der Waals surface area contributed by atoms with Gasteiger partial charge in [-0.3, -0.25) is 0 Å². The van der Waals surface area contributed by atoms with E-state index in [9.17, 15) is 0 Å². The van der Waals surface area contributed by atoms with E-state index in [1.165, 1.54) is 5.56 Å². The number of nitrogens with one attached hydrogen (secondary N) is 1. The SMILES string of the molecule is CCOc1cccc([C@@H](C)NC(C)C)c1. The van der Waals surface area contributed by atoms with Gasteiger partial charge in [0.15, 0.2) is 0 Å². The molecule has 15 heavy (non-hydrogen) atoms. The van der Waals surface area contributed by atoms with Gasteiger partial charge in [-0.15, -0.1) is 0 Å². The van der Waals surface area contributed by atoms with Gasteiger partial charge in [0.25, 0.3) is 0 Å². The predicted octanol–water partition coefficient (Wildman–Crippen LogP) is 3.14. The lowest BCUT2D eigenvalue weighted by atomic mass is 10.1. The van der Waals surface area contributed by atoms with Crippen LogP contribution in [0.4, 0.5) is 0 Å². The third kappa shape index (κ3) is 3.92. The smallest absolute Gasteiger partial charge is 0.119 e. The summed E-state index contributed by atoms with van der Waals surface area (Å²) in [7, 11) is 0. The van der Waals surface area contributed by atoms with Crippen molar-refractivity contribution in [3.8, 4) is 5.75 Å². The third-order valence-electron chi connectivity index (χ3n) is 2.25. The standard InChI is InChI=1S/C13H21NO/c1-5-15-13-8-6-7-12(9-13)11(4)14-10(2)3/h6-11,14H,5H2,1-4H3/t11-/m1/s1. The van der Waals surface area contributed by atoms with Gasteiger partial charge in [-0.05, 0) is 31.5 Å². The normalized spacial score (nSPS) is 12.9. The van der Waals surface area contributed by atoms with E-state index < -0.39 is 0 Å². The monoisotopic (exact) mass is 207 g/mol. The van der Waals surface area contributed by atoms with E-state index in [-0.39, 0.29) is 0 Å². The number of hydrogen-bond donors (Lipinski definition) is 1. The van der Waals surface area contributed by atoms with Gasteiger partial charge in [0, 0.05) is 12.1 Å². The second kappa shape index (κ2) is 5.76. The van der Waals surface area contributed by atoms with Crippen LogP contribution in [-0.2, 0) is 0 Å². The van der Waals surface area contributed by atoms with Crippen molar-refractivity contribution in [3.63, 3.8) is 0 Å². The first-order valence-electron chi connectivity index (χ1n) is 5.62. The summed E-state index contributed by atoms with van der Waals surface area (Å²) in [5, 5.41) is 3.47. The van der Waals surface area contributed by atoms with Gasteiger partial charge in [0.2, 0.25) is 0 Å². The van der Waals surface area contributed by atoms with Crippen LogP contribution in [-0.4, -0.2) is 12.6 Å². The second-order valence-corrected chi connectivity index (χ2v) is 4.05. The van der Waals surface area contributed by atoms with Crippen LogP contribution in [0.2, 0.25) is 0 Å². The van der Waals surface area contributed by atoms with Gasteiger partial charge >= 0.3 is 0 Å². The Balaban J connectivity index is 2.71. The van der Waals surface area contributed by atoms with Gasteiger partial charge in [-0.25, -0.2) is 0 Å². The van der Waals surface area contributed by atoms with E-state index in [1.54, 1.807) is 0 Å². The van der Waals surface area contributed by atoms with Crippen molar-refractivity contribution < 1.29 is 4.74 Å². The van der Waals surface area contributed by atoms with Gasteiger partial charge in [0.1, 0.15) is 5.75 Å². The van der Waals surface area contributed by atoms with Gasteiger partial charge in [-0.1, -0.05) is 26.0 Å². The summed E-state index contributed by atoms with van der Waals surface area (Å²) >= 11 is 0. The van der Waals surface area contributed by atoms with Crippen LogP contribution in [0.1, 0.15) is 39.3 Å². The zero-order valence-corrected chi connectivity index (χ0v) is 10.1. The van der Waals surface area contributed by atoms with Crippen LogP contribution >= 0.6 is 0 Å². The summed E-state index contributed by atoms with van der Waals surface area (Å²) in [5.74, 6) is 0.951. The molecule has 0 unspecified atom stereocenters. The first-order chi connectivity index (χ1) is 7.13. The van der Waals surface area contributed by atoms with Crippen molar-refractivity contribution in [2.45, 2.75) is 39.8 Å². The highest BCUT2D eigenvalue weighted by atomic mass is 16.5. The van der Waals surface area contributed by atoms with Crippen LogP contribution < -0.4 is 10.1 Å².